The first-order valence-corrected chi connectivity index (χ1v) is 33.0. The van der Waals surface area contributed by atoms with Gasteiger partial charge in [-0.25, -0.2) is 4.79 Å². The van der Waals surface area contributed by atoms with Crippen molar-refractivity contribution < 1.29 is 58.1 Å². The highest BCUT2D eigenvalue weighted by atomic mass is 35.5. The second-order valence-electron chi connectivity index (χ2n) is 25.7. The first kappa shape index (κ1) is 73.5. The molecule has 516 valence electrons. The van der Waals surface area contributed by atoms with Gasteiger partial charge in [-0.1, -0.05) is 165 Å². The number of nitrogens with zero attached hydrogens (tertiary/aromatic N) is 2. The molecule has 0 bridgehead atoms. The number of aromatic nitrogens is 2. The molecule has 0 saturated heterocycles. The number of ether oxygens (including phenoxy) is 1. The van der Waals surface area contributed by atoms with Gasteiger partial charge in [-0.2, -0.15) is 0 Å². The van der Waals surface area contributed by atoms with Crippen molar-refractivity contribution >= 4 is 86.7 Å². The number of para-hydroxylation sites is 2. The third-order valence-electron chi connectivity index (χ3n) is 17.4. The largest absolute Gasteiger partial charge is 0.487 e. The van der Waals surface area contributed by atoms with Crippen LogP contribution in [0.25, 0.3) is 21.8 Å². The maximum Gasteiger partial charge on any atom is 0.326 e. The lowest BCUT2D eigenvalue weighted by Crippen LogP contribution is -2.62. The quantitative estimate of drug-likeness (QED) is 0.0191. The first-order valence-electron chi connectivity index (χ1n) is 32.7. The number of rotatable bonds is 33. The number of benzene rings is 6. The van der Waals surface area contributed by atoms with E-state index in [0.717, 1.165) is 27.4 Å². The molecule has 6 aromatic carbocycles. The van der Waals surface area contributed by atoms with Gasteiger partial charge in [-0.05, 0) is 97.8 Å². The van der Waals surface area contributed by atoms with E-state index in [0.29, 0.717) is 40.0 Å². The summed E-state index contributed by atoms with van der Waals surface area (Å²) in [5.74, 6) is -8.50. The molecule has 2 aromatic heterocycles. The number of fused-ring (bicyclic) bond motifs is 2. The lowest BCUT2D eigenvalue weighted by atomic mass is 9.96. The number of hydrogen-bond acceptors (Lipinski definition) is 11. The minimum absolute atomic E-state index is 0.0819. The van der Waals surface area contributed by atoms with E-state index in [1.54, 1.807) is 112 Å². The third kappa shape index (κ3) is 19.9. The van der Waals surface area contributed by atoms with Crippen LogP contribution in [0, 0.1) is 5.92 Å². The van der Waals surface area contributed by atoms with Gasteiger partial charge in [-0.15, -0.1) is 0 Å². The summed E-state index contributed by atoms with van der Waals surface area (Å²) >= 11 is 6.83. The lowest BCUT2D eigenvalue weighted by Gasteiger charge is -2.35. The van der Waals surface area contributed by atoms with Crippen LogP contribution in [0.2, 0.25) is 5.02 Å². The highest BCUT2D eigenvalue weighted by Crippen LogP contribution is 2.30. The highest BCUT2D eigenvalue weighted by molar-refractivity contribution is 6.32. The van der Waals surface area contributed by atoms with Crippen molar-refractivity contribution in [2.45, 2.75) is 140 Å². The van der Waals surface area contributed by atoms with E-state index in [-0.39, 0.29) is 43.5 Å². The second-order valence-corrected chi connectivity index (χ2v) is 26.1. The zero-order chi connectivity index (χ0) is 70.8. The average molecular weight is 1360 g/mol. The Hall–Kier alpha value is -10.3. The fourth-order valence-corrected chi connectivity index (χ4v) is 12.1. The van der Waals surface area contributed by atoms with Crippen LogP contribution >= 0.6 is 11.6 Å². The van der Waals surface area contributed by atoms with Crippen molar-refractivity contribution in [1.82, 2.24) is 51.7 Å². The van der Waals surface area contributed by atoms with Crippen LogP contribution in [-0.2, 0) is 81.7 Å². The van der Waals surface area contributed by atoms with Crippen molar-refractivity contribution in [2.75, 3.05) is 21.1 Å². The molecule has 22 nitrogen and oxygen atoms in total. The van der Waals surface area contributed by atoms with E-state index in [9.17, 15) is 29.4 Å². The fourth-order valence-electron chi connectivity index (χ4n) is 11.8. The third-order valence-corrected chi connectivity index (χ3v) is 17.7. The standard InChI is InChI=1S/C75H87ClN10O12/c1-9-45(2)66(71(93)83-61(74(96)97)42-65(87)88)84-70(92)63(39-48-27-17-12-18-28-48)86(8)73(95)60(41-51-44-79-56-32-22-20-30-53(51)56)82-69(91)62(38-47-25-15-11-16-26-47)85(7)72(94)59(40-50-43-78-55-31-21-19-29-52(50)55)81-68(90)58(37-49-33-34-64(54(76)35-49)98-75(3,4)5)80-67(89)57(77-6)36-46-23-13-10-14-24-46/h10-35,43-45,57-63,66,77-79H,9,36-42H2,1-8H3,(H,80,89)(H,81,90)(H,82,91)(H,83,93)(H,84,92)(H,87,88)(H,96,97)/t45-,57-,58+,59-,60-,61-,62-,63-,66-/m0/s1. The van der Waals surface area contributed by atoms with E-state index in [1.165, 1.54) is 23.9 Å². The Morgan fingerprint density at radius 1 is 0.500 bits per heavy atom. The molecular formula is C75H87ClN10O12. The summed E-state index contributed by atoms with van der Waals surface area (Å²) in [6.45, 7) is 9.06. The van der Waals surface area contributed by atoms with E-state index in [1.807, 2.05) is 99.6 Å². The molecule has 0 aliphatic heterocycles. The number of aliphatic carboxylic acids is 2. The van der Waals surface area contributed by atoms with Gasteiger partial charge < -0.3 is 66.6 Å². The number of hydrogen-bond donors (Lipinski definition) is 10. The summed E-state index contributed by atoms with van der Waals surface area (Å²) in [6, 6.07) is 36.1. The molecule has 9 atom stereocenters. The normalized spacial score (nSPS) is 14.2. The van der Waals surface area contributed by atoms with E-state index >= 15 is 24.0 Å². The summed E-state index contributed by atoms with van der Waals surface area (Å²) in [6.07, 6.45) is 2.59. The van der Waals surface area contributed by atoms with Crippen molar-refractivity contribution in [2.24, 2.45) is 5.92 Å². The molecule has 0 fully saturated rings. The molecule has 0 aliphatic carbocycles. The number of halogens is 1. The maximum absolute atomic E-state index is 15.9. The molecule has 23 heteroatoms. The summed E-state index contributed by atoms with van der Waals surface area (Å²) in [5.41, 5.74) is 4.85. The van der Waals surface area contributed by atoms with Gasteiger partial charge in [-0.3, -0.25) is 38.4 Å². The number of carboxylic acids is 2. The van der Waals surface area contributed by atoms with Crippen molar-refractivity contribution in [3.8, 4) is 5.75 Å². The topological polar surface area (TPSA) is 314 Å². The van der Waals surface area contributed by atoms with Gasteiger partial charge in [0.1, 0.15) is 53.6 Å². The number of amides is 7. The van der Waals surface area contributed by atoms with Gasteiger partial charge in [0, 0.05) is 80.4 Å². The predicted molar refractivity (Wildman–Crippen MR) is 375 cm³/mol. The monoisotopic (exact) mass is 1350 g/mol. The van der Waals surface area contributed by atoms with Crippen molar-refractivity contribution in [1.29, 1.82) is 0 Å². The molecule has 0 spiro atoms. The number of H-pyrrole nitrogens is 2. The average Bonchev–Trinajstić information content (AvgIpc) is 1.80. The van der Waals surface area contributed by atoms with Gasteiger partial charge in [0.2, 0.25) is 41.4 Å². The SMILES string of the molecule is CC[C@H](C)[C@H](NC(=O)[C@H](Cc1ccccc1)N(C)C(=O)[C@H](Cc1c[nH]c2ccccc12)NC(=O)[C@H](Cc1ccccc1)N(C)C(=O)[C@H](Cc1c[nH]c2ccccc12)NC(=O)[C@@H](Cc1ccc(OC(C)(C)C)c(Cl)c1)NC(=O)[C@H](Cc1ccccc1)NC)C(=O)N[C@@H](CC(=O)O)C(=O)O. The van der Waals surface area contributed by atoms with Gasteiger partial charge in [0.05, 0.1) is 17.5 Å². The van der Waals surface area contributed by atoms with E-state index in [2.05, 4.69) is 41.9 Å². The molecule has 2 heterocycles. The van der Waals surface area contributed by atoms with Crippen LogP contribution in [0.3, 0.4) is 0 Å². The molecule has 8 rings (SSSR count). The molecule has 98 heavy (non-hydrogen) atoms. The molecule has 10 N–H and O–H groups in total. The number of carboxylic acid groups (broad SMARTS) is 2. The number of likely N-dealkylation sites (N-methyl/N-ethyl adjacent to an activating group) is 3. The smallest absolute Gasteiger partial charge is 0.326 e. The summed E-state index contributed by atoms with van der Waals surface area (Å²) < 4.78 is 6.10. The number of carbonyl (C=O) groups is 9. The van der Waals surface area contributed by atoms with Gasteiger partial charge in [0.15, 0.2) is 0 Å². The number of nitrogens with one attached hydrogen (secondary N) is 8. The summed E-state index contributed by atoms with van der Waals surface area (Å²) in [7, 11) is 4.49. The molecule has 0 unspecified atom stereocenters. The highest BCUT2D eigenvalue weighted by Gasteiger charge is 2.40. The number of aromatic amines is 2. The van der Waals surface area contributed by atoms with Crippen LogP contribution in [0.15, 0.2) is 170 Å². The Labute approximate surface area is 575 Å². The zero-order valence-corrected chi connectivity index (χ0v) is 57.0. The Bertz CT molecular complexity index is 4080. The Morgan fingerprint density at radius 3 is 1.37 bits per heavy atom. The van der Waals surface area contributed by atoms with E-state index in [4.69, 9.17) is 16.3 Å². The Morgan fingerprint density at radius 2 is 0.918 bits per heavy atom. The zero-order valence-electron chi connectivity index (χ0n) is 56.3. The number of carbonyl (C=O) groups excluding carboxylic acids is 7. The van der Waals surface area contributed by atoms with Gasteiger partial charge in [0.25, 0.3) is 0 Å². The van der Waals surface area contributed by atoms with Gasteiger partial charge >= 0.3 is 11.9 Å². The van der Waals surface area contributed by atoms with Crippen LogP contribution in [0.4, 0.5) is 0 Å². The molecule has 0 aliphatic rings. The van der Waals surface area contributed by atoms with Crippen LogP contribution in [-0.4, -0.2) is 158 Å². The second kappa shape index (κ2) is 34.1. The van der Waals surface area contributed by atoms with Crippen LogP contribution < -0.4 is 36.6 Å². The lowest BCUT2D eigenvalue weighted by molar-refractivity contribution is -0.148. The Balaban J connectivity index is 1.17. The minimum atomic E-state index is -1.82. The first-order chi connectivity index (χ1) is 46.8. The van der Waals surface area contributed by atoms with E-state index < -0.39 is 120 Å². The summed E-state index contributed by atoms with van der Waals surface area (Å²) in [4.78, 5) is 139. The van der Waals surface area contributed by atoms with Crippen LogP contribution in [0.1, 0.15) is 80.8 Å². The minimum Gasteiger partial charge on any atom is -0.487 e. The molecular weight excluding hydrogens is 1270 g/mol. The molecule has 0 saturated carbocycles. The Kier molecular flexibility index (Phi) is 25.5. The van der Waals surface area contributed by atoms with Crippen molar-refractivity contribution in [3.63, 3.8) is 0 Å². The predicted octanol–water partition coefficient (Wildman–Crippen LogP) is 7.51. The van der Waals surface area contributed by atoms with Crippen molar-refractivity contribution in [3.05, 3.63) is 209 Å². The van der Waals surface area contributed by atoms with Crippen LogP contribution in [0.5, 0.6) is 5.75 Å². The molecule has 0 radical (unpaired) electrons. The molecule has 8 aromatic rings. The molecule has 7 amide bonds. The fraction of sp³-hybridized carbons (Fsp3) is 0.347. The maximum atomic E-state index is 15.9. The summed E-state index contributed by atoms with van der Waals surface area (Å²) in [5, 5.41) is 38.2.